The highest BCUT2D eigenvalue weighted by molar-refractivity contribution is 6.31. The van der Waals surface area contributed by atoms with Crippen LogP contribution in [-0.2, 0) is 17.3 Å². The fourth-order valence-electron chi connectivity index (χ4n) is 3.86. The Bertz CT molecular complexity index is 829. The van der Waals surface area contributed by atoms with Gasteiger partial charge in [-0.25, -0.2) is 10.9 Å². The summed E-state index contributed by atoms with van der Waals surface area (Å²) in [5, 5.41) is 8.29. The van der Waals surface area contributed by atoms with Gasteiger partial charge in [-0.05, 0) is 37.8 Å². The molecule has 138 valence electrons. The summed E-state index contributed by atoms with van der Waals surface area (Å²) in [5.41, 5.74) is 9.61. The van der Waals surface area contributed by atoms with Gasteiger partial charge in [-0.2, -0.15) is 5.10 Å². The summed E-state index contributed by atoms with van der Waals surface area (Å²) in [4.78, 5) is 12.6. The first-order valence-electron chi connectivity index (χ1n) is 9.02. The lowest BCUT2D eigenvalue weighted by Crippen LogP contribution is -2.45. The second kappa shape index (κ2) is 6.68. The Hall–Kier alpha value is -1.89. The molecule has 2 fully saturated rings. The maximum atomic E-state index is 12.6. The number of hydrogen-bond acceptors (Lipinski definition) is 4. The molecule has 3 N–H and O–H groups in total. The molecular formula is C19H24ClN5O. The van der Waals surface area contributed by atoms with Gasteiger partial charge < -0.3 is 5.32 Å². The molecule has 1 aromatic heterocycles. The van der Waals surface area contributed by atoms with Crippen LogP contribution in [0.25, 0.3) is 0 Å². The van der Waals surface area contributed by atoms with Crippen LogP contribution in [0.4, 0.5) is 0 Å². The molecule has 1 aliphatic carbocycles. The lowest BCUT2D eigenvalue weighted by molar-refractivity contribution is -0.123. The fraction of sp³-hybridized carbons (Fsp3) is 0.474. The third kappa shape index (κ3) is 3.24. The van der Waals surface area contributed by atoms with Crippen molar-refractivity contribution >= 4 is 17.5 Å². The molecule has 4 rings (SSSR count). The highest BCUT2D eigenvalue weighted by Gasteiger charge is 2.46. The van der Waals surface area contributed by atoms with Crippen molar-refractivity contribution in [2.24, 2.45) is 7.05 Å². The van der Waals surface area contributed by atoms with Crippen molar-refractivity contribution in [1.82, 2.24) is 25.9 Å². The Morgan fingerprint density at radius 3 is 2.81 bits per heavy atom. The lowest BCUT2D eigenvalue weighted by Gasteiger charge is -2.19. The molecule has 2 atom stereocenters. The number of nitrogens with one attached hydrogen (secondary N) is 3. The van der Waals surface area contributed by atoms with Crippen molar-refractivity contribution in [2.45, 2.75) is 43.7 Å². The Labute approximate surface area is 158 Å². The molecule has 1 saturated carbocycles. The van der Waals surface area contributed by atoms with Crippen molar-refractivity contribution in [1.29, 1.82) is 0 Å². The van der Waals surface area contributed by atoms with Crippen LogP contribution in [-0.4, -0.2) is 28.3 Å². The van der Waals surface area contributed by atoms with Crippen LogP contribution in [0.3, 0.4) is 0 Å². The molecule has 1 aromatic carbocycles. The van der Waals surface area contributed by atoms with Crippen LogP contribution in [0.5, 0.6) is 0 Å². The number of rotatable bonds is 5. The van der Waals surface area contributed by atoms with Gasteiger partial charge in [0.25, 0.3) is 0 Å². The van der Waals surface area contributed by atoms with E-state index >= 15 is 0 Å². The van der Waals surface area contributed by atoms with Gasteiger partial charge in [0.05, 0.1) is 11.7 Å². The van der Waals surface area contributed by atoms with Crippen molar-refractivity contribution in [2.75, 3.05) is 6.54 Å². The minimum atomic E-state index is -0.248. The van der Waals surface area contributed by atoms with Gasteiger partial charge in [-0.15, -0.1) is 0 Å². The van der Waals surface area contributed by atoms with Gasteiger partial charge in [0.15, 0.2) is 0 Å². The Morgan fingerprint density at radius 2 is 2.15 bits per heavy atom. The first-order valence-corrected chi connectivity index (χ1v) is 9.40. The number of carbonyl (C=O) groups is 1. The predicted octanol–water partition coefficient (Wildman–Crippen LogP) is 2.14. The van der Waals surface area contributed by atoms with Gasteiger partial charge in [0.2, 0.25) is 5.91 Å². The van der Waals surface area contributed by atoms with Gasteiger partial charge in [0.1, 0.15) is 6.04 Å². The molecule has 0 radical (unpaired) electrons. The molecule has 2 aromatic rings. The summed E-state index contributed by atoms with van der Waals surface area (Å²) in [6.07, 6.45) is 4.83. The third-order valence-electron chi connectivity index (χ3n) is 5.55. The zero-order chi connectivity index (χ0) is 18.3. The van der Waals surface area contributed by atoms with Gasteiger partial charge >= 0.3 is 0 Å². The van der Waals surface area contributed by atoms with E-state index in [1.54, 1.807) is 4.68 Å². The molecule has 1 aliphatic heterocycles. The topological polar surface area (TPSA) is 71.0 Å². The van der Waals surface area contributed by atoms with E-state index in [1.165, 1.54) is 0 Å². The van der Waals surface area contributed by atoms with Crippen molar-refractivity contribution in [3.8, 4) is 0 Å². The van der Waals surface area contributed by atoms with Crippen LogP contribution in [0.1, 0.15) is 42.1 Å². The second-order valence-corrected chi connectivity index (χ2v) is 7.86. The maximum Gasteiger partial charge on any atom is 0.238 e. The summed E-state index contributed by atoms with van der Waals surface area (Å²) >= 11 is 6.35. The number of nitrogens with zero attached hydrogens (tertiary/aromatic N) is 2. The SMILES string of the molecule is Cc1nn(C)cc1C1CC(C(=O)NCC2(c3ccccc3Cl)CC2)NN1. The van der Waals surface area contributed by atoms with E-state index in [-0.39, 0.29) is 23.4 Å². The Morgan fingerprint density at radius 1 is 1.38 bits per heavy atom. The molecule has 2 aliphatic rings. The van der Waals surface area contributed by atoms with Crippen molar-refractivity contribution in [3.05, 3.63) is 52.3 Å². The fourth-order valence-corrected chi connectivity index (χ4v) is 4.19. The van der Waals surface area contributed by atoms with Crippen LogP contribution in [0.2, 0.25) is 5.02 Å². The van der Waals surface area contributed by atoms with E-state index in [0.717, 1.165) is 34.7 Å². The van der Waals surface area contributed by atoms with E-state index < -0.39 is 0 Å². The number of aromatic nitrogens is 2. The molecule has 1 saturated heterocycles. The van der Waals surface area contributed by atoms with Crippen LogP contribution >= 0.6 is 11.6 Å². The highest BCUT2D eigenvalue weighted by Crippen LogP contribution is 2.49. The average molecular weight is 374 g/mol. The van der Waals surface area contributed by atoms with Crippen LogP contribution in [0.15, 0.2) is 30.5 Å². The zero-order valence-electron chi connectivity index (χ0n) is 15.1. The quantitative estimate of drug-likeness (QED) is 0.751. The Balaban J connectivity index is 1.36. The van der Waals surface area contributed by atoms with Crippen LogP contribution < -0.4 is 16.2 Å². The normalized spacial score (nSPS) is 23.8. The van der Waals surface area contributed by atoms with Gasteiger partial charge in [-0.3, -0.25) is 9.48 Å². The molecule has 2 heterocycles. The highest BCUT2D eigenvalue weighted by atomic mass is 35.5. The summed E-state index contributed by atoms with van der Waals surface area (Å²) in [5.74, 6) is 0.0277. The molecule has 6 nitrogen and oxygen atoms in total. The minimum Gasteiger partial charge on any atom is -0.354 e. The van der Waals surface area contributed by atoms with E-state index in [2.05, 4.69) is 27.3 Å². The average Bonchev–Trinajstić information content (AvgIpc) is 3.09. The summed E-state index contributed by atoms with van der Waals surface area (Å²) < 4.78 is 1.81. The molecular weight excluding hydrogens is 350 g/mol. The standard InChI is InChI=1S/C19H24ClN5O/c1-12-13(10-25(2)24-12)16-9-17(23-22-16)18(26)21-11-19(7-8-19)14-5-3-4-6-15(14)20/h3-6,10,16-17,22-23H,7-9,11H2,1-2H3,(H,21,26). The number of aryl methyl sites for hydroxylation is 2. The first kappa shape index (κ1) is 17.5. The van der Waals surface area contributed by atoms with Crippen molar-refractivity contribution < 1.29 is 4.79 Å². The van der Waals surface area contributed by atoms with Crippen LogP contribution in [0, 0.1) is 6.92 Å². The smallest absolute Gasteiger partial charge is 0.238 e. The maximum absolute atomic E-state index is 12.6. The number of amides is 1. The second-order valence-electron chi connectivity index (χ2n) is 7.45. The molecule has 0 bridgehead atoms. The molecule has 0 spiro atoms. The summed E-state index contributed by atoms with van der Waals surface area (Å²) in [6.45, 7) is 2.62. The number of benzene rings is 1. The number of halogens is 1. The monoisotopic (exact) mass is 373 g/mol. The molecule has 2 unspecified atom stereocenters. The number of hydrazine groups is 1. The van der Waals surface area contributed by atoms with E-state index in [1.807, 2.05) is 38.4 Å². The molecule has 7 heteroatoms. The summed E-state index contributed by atoms with van der Waals surface area (Å²) in [6, 6.07) is 7.78. The lowest BCUT2D eigenvalue weighted by atomic mass is 9.95. The molecule has 26 heavy (non-hydrogen) atoms. The third-order valence-corrected chi connectivity index (χ3v) is 5.88. The van der Waals surface area contributed by atoms with E-state index in [4.69, 9.17) is 11.6 Å². The van der Waals surface area contributed by atoms with Gasteiger partial charge in [-0.1, -0.05) is 29.8 Å². The van der Waals surface area contributed by atoms with E-state index in [9.17, 15) is 4.79 Å². The number of carbonyl (C=O) groups excluding carboxylic acids is 1. The van der Waals surface area contributed by atoms with Gasteiger partial charge in [0, 0.05) is 35.8 Å². The first-order chi connectivity index (χ1) is 12.5. The summed E-state index contributed by atoms with van der Waals surface area (Å²) in [7, 11) is 1.91. The predicted molar refractivity (Wildman–Crippen MR) is 101 cm³/mol. The Kier molecular flexibility index (Phi) is 4.50. The largest absolute Gasteiger partial charge is 0.354 e. The minimum absolute atomic E-state index is 0.000619. The zero-order valence-corrected chi connectivity index (χ0v) is 15.8. The molecule has 1 amide bonds. The van der Waals surface area contributed by atoms with Crippen molar-refractivity contribution in [3.63, 3.8) is 0 Å². The van der Waals surface area contributed by atoms with E-state index in [0.29, 0.717) is 13.0 Å². The number of hydrogen-bond donors (Lipinski definition) is 3.